The molecule has 1 aromatic rings. The Kier molecular flexibility index (Phi) is 4.85. The second-order valence-electron chi connectivity index (χ2n) is 3.29. The maximum absolute atomic E-state index is 13.4. The zero-order valence-corrected chi connectivity index (χ0v) is 9.64. The summed E-state index contributed by atoms with van der Waals surface area (Å²) < 4.78 is 18.8. The van der Waals surface area contributed by atoms with E-state index in [0.29, 0.717) is 6.54 Å². The third kappa shape index (κ3) is 3.68. The quantitative estimate of drug-likeness (QED) is 0.842. The molecule has 1 unspecified atom stereocenters. The van der Waals surface area contributed by atoms with Gasteiger partial charge in [-0.25, -0.2) is 4.39 Å². The van der Waals surface area contributed by atoms with E-state index in [1.165, 1.54) is 6.07 Å². The highest BCUT2D eigenvalue weighted by molar-refractivity contribution is 6.30. The number of likely N-dealkylation sites (N-methyl/N-ethyl adjacent to an activating group) is 1. The van der Waals surface area contributed by atoms with Crippen LogP contribution in [0.1, 0.15) is 13.8 Å². The molecule has 1 rings (SSSR count). The maximum Gasteiger partial charge on any atom is 0.183 e. The number of benzene rings is 1. The standard InChI is InChI=1S/C11H15ClFNO/c1-3-14-7-8(2)15-10-6-4-5-9(12)11(10)13/h4-6,8,14H,3,7H2,1-2H3. The summed E-state index contributed by atoms with van der Waals surface area (Å²) in [5, 5.41) is 3.21. The molecule has 0 aliphatic rings. The summed E-state index contributed by atoms with van der Waals surface area (Å²) in [6.45, 7) is 5.43. The molecule has 1 N–H and O–H groups in total. The first kappa shape index (κ1) is 12.3. The molecule has 2 nitrogen and oxygen atoms in total. The third-order valence-electron chi connectivity index (χ3n) is 1.93. The number of hydrogen-bond donors (Lipinski definition) is 1. The summed E-state index contributed by atoms with van der Waals surface area (Å²) in [6, 6.07) is 4.74. The number of halogens is 2. The van der Waals surface area contributed by atoms with E-state index in [4.69, 9.17) is 16.3 Å². The van der Waals surface area contributed by atoms with Crippen molar-refractivity contribution < 1.29 is 9.13 Å². The van der Waals surface area contributed by atoms with Crippen LogP contribution in [0.5, 0.6) is 5.75 Å². The Balaban J connectivity index is 2.60. The molecule has 0 fully saturated rings. The minimum absolute atomic E-state index is 0.0853. The van der Waals surface area contributed by atoms with Crippen LogP contribution in [0.15, 0.2) is 18.2 Å². The molecule has 0 bridgehead atoms. The Morgan fingerprint density at radius 3 is 2.93 bits per heavy atom. The van der Waals surface area contributed by atoms with Crippen LogP contribution in [0.25, 0.3) is 0 Å². The van der Waals surface area contributed by atoms with Crippen LogP contribution in [0.4, 0.5) is 4.39 Å². The summed E-state index contributed by atoms with van der Waals surface area (Å²) in [5.41, 5.74) is 0. The smallest absolute Gasteiger partial charge is 0.183 e. The SMILES string of the molecule is CCNCC(C)Oc1cccc(Cl)c1F. The Labute approximate surface area is 94.4 Å². The zero-order valence-electron chi connectivity index (χ0n) is 8.89. The van der Waals surface area contributed by atoms with Crippen molar-refractivity contribution in [2.75, 3.05) is 13.1 Å². The van der Waals surface area contributed by atoms with Gasteiger partial charge in [0.2, 0.25) is 0 Å². The third-order valence-corrected chi connectivity index (χ3v) is 2.22. The first-order valence-corrected chi connectivity index (χ1v) is 5.34. The van der Waals surface area contributed by atoms with Crippen molar-refractivity contribution in [3.63, 3.8) is 0 Å². The van der Waals surface area contributed by atoms with Crippen molar-refractivity contribution in [1.29, 1.82) is 0 Å². The molecule has 0 heterocycles. The largest absolute Gasteiger partial charge is 0.486 e. The number of nitrogens with one attached hydrogen (secondary N) is 1. The van der Waals surface area contributed by atoms with Gasteiger partial charge in [0.1, 0.15) is 6.10 Å². The normalized spacial score (nSPS) is 12.5. The average molecular weight is 232 g/mol. The maximum atomic E-state index is 13.4. The molecule has 4 heteroatoms. The van der Waals surface area contributed by atoms with Gasteiger partial charge in [0.25, 0.3) is 0 Å². The molecule has 0 aromatic heterocycles. The molecule has 0 saturated heterocycles. The minimum Gasteiger partial charge on any atom is -0.486 e. The van der Waals surface area contributed by atoms with Gasteiger partial charge in [0, 0.05) is 6.54 Å². The van der Waals surface area contributed by atoms with Gasteiger partial charge in [0.05, 0.1) is 5.02 Å². The van der Waals surface area contributed by atoms with E-state index in [9.17, 15) is 4.39 Å². The molecule has 0 aliphatic carbocycles. The molecule has 0 saturated carbocycles. The predicted molar refractivity (Wildman–Crippen MR) is 60.0 cm³/mol. The molecule has 15 heavy (non-hydrogen) atoms. The van der Waals surface area contributed by atoms with Gasteiger partial charge < -0.3 is 10.1 Å². The van der Waals surface area contributed by atoms with E-state index in [1.54, 1.807) is 12.1 Å². The van der Waals surface area contributed by atoms with Gasteiger partial charge in [-0.2, -0.15) is 0 Å². The first-order valence-electron chi connectivity index (χ1n) is 4.96. The summed E-state index contributed by atoms with van der Waals surface area (Å²) in [4.78, 5) is 0. The highest BCUT2D eigenvalue weighted by Crippen LogP contribution is 2.24. The topological polar surface area (TPSA) is 21.3 Å². The fourth-order valence-electron chi connectivity index (χ4n) is 1.18. The lowest BCUT2D eigenvalue weighted by Crippen LogP contribution is -2.28. The first-order chi connectivity index (χ1) is 7.15. The molecule has 0 spiro atoms. The van der Waals surface area contributed by atoms with Crippen molar-refractivity contribution in [3.05, 3.63) is 29.0 Å². The fourth-order valence-corrected chi connectivity index (χ4v) is 1.35. The van der Waals surface area contributed by atoms with Gasteiger partial charge in [-0.1, -0.05) is 24.6 Å². The van der Waals surface area contributed by atoms with E-state index in [1.807, 2.05) is 13.8 Å². The Morgan fingerprint density at radius 1 is 1.53 bits per heavy atom. The van der Waals surface area contributed by atoms with Crippen molar-refractivity contribution in [2.45, 2.75) is 20.0 Å². The molecule has 0 radical (unpaired) electrons. The van der Waals surface area contributed by atoms with Gasteiger partial charge in [-0.15, -0.1) is 0 Å². The highest BCUT2D eigenvalue weighted by atomic mass is 35.5. The molecule has 84 valence electrons. The summed E-state index contributed by atoms with van der Waals surface area (Å²) >= 11 is 5.63. The summed E-state index contributed by atoms with van der Waals surface area (Å²) in [5.74, 6) is -0.296. The van der Waals surface area contributed by atoms with Crippen LogP contribution in [0.2, 0.25) is 5.02 Å². The van der Waals surface area contributed by atoms with Crippen molar-refractivity contribution in [1.82, 2.24) is 5.32 Å². The number of rotatable bonds is 5. The average Bonchev–Trinajstić information content (AvgIpc) is 2.22. The second kappa shape index (κ2) is 5.93. The number of hydrogen-bond acceptors (Lipinski definition) is 2. The number of ether oxygens (including phenoxy) is 1. The van der Waals surface area contributed by atoms with Crippen molar-refractivity contribution in [2.24, 2.45) is 0 Å². The van der Waals surface area contributed by atoms with Crippen LogP contribution < -0.4 is 10.1 Å². The Morgan fingerprint density at radius 2 is 2.27 bits per heavy atom. The Hall–Kier alpha value is -0.800. The van der Waals surface area contributed by atoms with E-state index in [0.717, 1.165) is 6.54 Å². The summed E-state index contributed by atoms with van der Waals surface area (Å²) in [6.07, 6.45) is -0.0853. The second-order valence-corrected chi connectivity index (χ2v) is 3.70. The van der Waals surface area contributed by atoms with E-state index >= 15 is 0 Å². The molecule has 0 aliphatic heterocycles. The highest BCUT2D eigenvalue weighted by Gasteiger charge is 2.10. The molecule has 0 amide bonds. The van der Waals surface area contributed by atoms with Crippen LogP contribution >= 0.6 is 11.6 Å². The zero-order chi connectivity index (χ0) is 11.3. The molecule has 1 atom stereocenters. The predicted octanol–water partition coefficient (Wildman–Crippen LogP) is 2.86. The van der Waals surface area contributed by atoms with Gasteiger partial charge in [0.15, 0.2) is 11.6 Å². The lowest BCUT2D eigenvalue weighted by molar-refractivity contribution is 0.209. The van der Waals surface area contributed by atoms with Crippen molar-refractivity contribution in [3.8, 4) is 5.75 Å². The molecular weight excluding hydrogens is 217 g/mol. The molecular formula is C11H15ClFNO. The lowest BCUT2D eigenvalue weighted by atomic mass is 10.3. The van der Waals surface area contributed by atoms with Crippen LogP contribution in [0.3, 0.4) is 0 Å². The van der Waals surface area contributed by atoms with E-state index < -0.39 is 5.82 Å². The molecule has 1 aromatic carbocycles. The van der Waals surface area contributed by atoms with Gasteiger partial charge >= 0.3 is 0 Å². The van der Waals surface area contributed by atoms with Crippen LogP contribution in [0, 0.1) is 5.82 Å². The van der Waals surface area contributed by atoms with Crippen LogP contribution in [-0.2, 0) is 0 Å². The summed E-state index contributed by atoms with van der Waals surface area (Å²) in [7, 11) is 0. The fraction of sp³-hybridized carbons (Fsp3) is 0.455. The van der Waals surface area contributed by atoms with Crippen LogP contribution in [-0.4, -0.2) is 19.2 Å². The lowest BCUT2D eigenvalue weighted by Gasteiger charge is -2.15. The van der Waals surface area contributed by atoms with E-state index in [-0.39, 0.29) is 16.9 Å². The van der Waals surface area contributed by atoms with Crippen molar-refractivity contribution >= 4 is 11.6 Å². The van der Waals surface area contributed by atoms with E-state index in [2.05, 4.69) is 5.32 Å². The van der Waals surface area contributed by atoms with Gasteiger partial charge in [-0.05, 0) is 25.6 Å². The Bertz CT molecular complexity index is 319. The minimum atomic E-state index is -0.498. The van der Waals surface area contributed by atoms with Gasteiger partial charge in [-0.3, -0.25) is 0 Å². The monoisotopic (exact) mass is 231 g/mol.